The van der Waals surface area contributed by atoms with E-state index in [9.17, 15) is 18.0 Å². The summed E-state index contributed by atoms with van der Waals surface area (Å²) >= 11 is 0. The van der Waals surface area contributed by atoms with Gasteiger partial charge in [0.2, 0.25) is 10.0 Å². The molecule has 0 aromatic carbocycles. The normalized spacial score (nSPS) is 30.5. The molecule has 4 aliphatic rings. The topological polar surface area (TPSA) is 116 Å². The number of hydrogen-bond acceptors (Lipinski definition) is 7. The van der Waals surface area contributed by atoms with Crippen LogP contribution in [0.5, 0.6) is 0 Å². The van der Waals surface area contributed by atoms with Gasteiger partial charge in [-0.1, -0.05) is 5.16 Å². The summed E-state index contributed by atoms with van der Waals surface area (Å²) in [5.74, 6) is 1.61. The molecule has 8 nitrogen and oxygen atoms in total. The molecule has 4 bridgehead atoms. The van der Waals surface area contributed by atoms with E-state index < -0.39 is 16.0 Å². The van der Waals surface area contributed by atoms with Gasteiger partial charge >= 0.3 is 5.97 Å². The van der Waals surface area contributed by atoms with Crippen molar-refractivity contribution in [1.29, 1.82) is 0 Å². The van der Waals surface area contributed by atoms with Crippen molar-refractivity contribution in [3.63, 3.8) is 0 Å². The van der Waals surface area contributed by atoms with Crippen LogP contribution in [0.4, 0.5) is 0 Å². The molecular weight excluding hydrogens is 396 g/mol. The number of aryl methyl sites for hydroxylation is 2. The van der Waals surface area contributed by atoms with Gasteiger partial charge in [0.1, 0.15) is 10.6 Å². The minimum atomic E-state index is -3.82. The summed E-state index contributed by atoms with van der Waals surface area (Å²) in [6, 6.07) is 0. The van der Waals surface area contributed by atoms with Crippen LogP contribution in [-0.2, 0) is 24.3 Å². The number of esters is 1. The molecule has 0 aliphatic heterocycles. The van der Waals surface area contributed by atoms with Crippen LogP contribution in [0, 0.1) is 37.0 Å². The number of hydrogen-bond donors (Lipinski definition) is 1. The number of ketones is 1. The van der Waals surface area contributed by atoms with E-state index in [4.69, 9.17) is 9.26 Å². The standard InChI is InChI=1S/C20H28N2O6S/c1-12-19(13(2)28-22-12)29(25,26)21-4-3-18(24)27-11-17(23)20-8-14-5-15(9-20)7-16(6-14)10-20/h14-16,21H,3-11H2,1-2H3. The number of nitrogens with zero attached hydrogens (tertiary/aromatic N) is 1. The van der Waals surface area contributed by atoms with Gasteiger partial charge in [-0.05, 0) is 70.1 Å². The lowest BCUT2D eigenvalue weighted by Crippen LogP contribution is -2.51. The first-order valence-electron chi connectivity index (χ1n) is 10.3. The smallest absolute Gasteiger partial charge is 0.307 e. The molecule has 4 aliphatic carbocycles. The average Bonchev–Trinajstić information content (AvgIpc) is 2.97. The number of carbonyl (C=O) groups is 2. The Labute approximate surface area is 170 Å². The fraction of sp³-hybridized carbons (Fsp3) is 0.750. The average molecular weight is 425 g/mol. The van der Waals surface area contributed by atoms with Crippen LogP contribution in [0.1, 0.15) is 56.4 Å². The molecule has 0 unspecified atom stereocenters. The third kappa shape index (κ3) is 3.99. The Bertz CT molecular complexity index is 865. The van der Waals surface area contributed by atoms with E-state index in [1.165, 1.54) is 33.1 Å². The lowest BCUT2D eigenvalue weighted by Gasteiger charge is -2.55. The van der Waals surface area contributed by atoms with E-state index in [1.807, 2.05) is 0 Å². The summed E-state index contributed by atoms with van der Waals surface area (Å²) in [7, 11) is -3.82. The van der Waals surface area contributed by atoms with Crippen molar-refractivity contribution in [1.82, 2.24) is 9.88 Å². The predicted octanol–water partition coefficient (Wildman–Crippen LogP) is 2.29. The van der Waals surface area contributed by atoms with Crippen LogP contribution in [0.2, 0.25) is 0 Å². The second-order valence-electron chi connectivity index (χ2n) is 9.08. The van der Waals surface area contributed by atoms with Crippen molar-refractivity contribution in [2.75, 3.05) is 13.2 Å². The molecule has 1 aromatic heterocycles. The van der Waals surface area contributed by atoms with Crippen LogP contribution in [0.3, 0.4) is 0 Å². The van der Waals surface area contributed by atoms with E-state index in [-0.39, 0.29) is 47.1 Å². The Morgan fingerprint density at radius 3 is 2.24 bits per heavy atom. The minimum absolute atomic E-state index is 0.0112. The zero-order valence-corrected chi connectivity index (χ0v) is 17.7. The Hall–Kier alpha value is -1.74. The van der Waals surface area contributed by atoms with Gasteiger partial charge in [-0.15, -0.1) is 0 Å². The molecule has 0 spiro atoms. The van der Waals surface area contributed by atoms with Crippen LogP contribution in [0.15, 0.2) is 9.42 Å². The summed E-state index contributed by atoms with van der Waals surface area (Å²) in [4.78, 5) is 24.9. The minimum Gasteiger partial charge on any atom is -0.458 e. The fourth-order valence-electron chi connectivity index (χ4n) is 6.04. The fourth-order valence-corrected chi connectivity index (χ4v) is 7.40. The maximum absolute atomic E-state index is 12.9. The molecule has 1 aromatic rings. The van der Waals surface area contributed by atoms with Gasteiger partial charge in [-0.2, -0.15) is 0 Å². The van der Waals surface area contributed by atoms with E-state index in [0.717, 1.165) is 19.3 Å². The van der Waals surface area contributed by atoms with E-state index >= 15 is 0 Å². The lowest BCUT2D eigenvalue weighted by atomic mass is 9.48. The number of ether oxygens (including phenoxy) is 1. The molecule has 0 radical (unpaired) electrons. The number of aromatic nitrogens is 1. The second kappa shape index (κ2) is 7.50. The van der Waals surface area contributed by atoms with Gasteiger partial charge in [0.15, 0.2) is 18.2 Å². The Morgan fingerprint density at radius 2 is 1.72 bits per heavy atom. The van der Waals surface area contributed by atoms with Crippen molar-refractivity contribution in [3.05, 3.63) is 11.5 Å². The van der Waals surface area contributed by atoms with Gasteiger partial charge in [-0.3, -0.25) is 9.59 Å². The SMILES string of the molecule is Cc1noc(C)c1S(=O)(=O)NCCC(=O)OCC(=O)C12CC3CC(CC(C3)C1)C2. The van der Waals surface area contributed by atoms with Crippen molar-refractivity contribution in [3.8, 4) is 0 Å². The summed E-state index contributed by atoms with van der Waals surface area (Å²) in [5, 5.41) is 3.63. The van der Waals surface area contributed by atoms with E-state index in [1.54, 1.807) is 0 Å². The quantitative estimate of drug-likeness (QED) is 0.637. The maximum Gasteiger partial charge on any atom is 0.307 e. The summed E-state index contributed by atoms with van der Waals surface area (Å²) < 4.78 is 37.1. The highest BCUT2D eigenvalue weighted by molar-refractivity contribution is 7.89. The van der Waals surface area contributed by atoms with Crippen LogP contribution in [-0.4, -0.2) is 38.5 Å². The predicted molar refractivity (Wildman–Crippen MR) is 102 cm³/mol. The lowest BCUT2D eigenvalue weighted by molar-refractivity contribution is -0.157. The molecule has 9 heteroatoms. The van der Waals surface area contributed by atoms with Crippen molar-refractivity contribution in [2.45, 2.75) is 63.7 Å². The number of nitrogens with one attached hydrogen (secondary N) is 1. The molecule has 4 saturated carbocycles. The second-order valence-corrected chi connectivity index (χ2v) is 10.8. The summed E-state index contributed by atoms with van der Waals surface area (Å²) in [6.45, 7) is 2.73. The van der Waals surface area contributed by atoms with Gasteiger partial charge in [0.05, 0.1) is 6.42 Å². The highest BCUT2D eigenvalue weighted by atomic mass is 32.2. The summed E-state index contributed by atoms with van der Waals surface area (Å²) in [5.41, 5.74) is -0.0290. The first-order chi connectivity index (χ1) is 13.7. The molecule has 5 rings (SSSR count). The Kier molecular flexibility index (Phi) is 5.31. The molecule has 1 N–H and O–H groups in total. The van der Waals surface area contributed by atoms with E-state index in [2.05, 4.69) is 9.88 Å². The molecule has 0 amide bonds. The molecule has 1 heterocycles. The third-order valence-corrected chi connectivity index (χ3v) is 8.56. The zero-order valence-electron chi connectivity index (χ0n) is 16.9. The van der Waals surface area contributed by atoms with Crippen LogP contribution in [0.25, 0.3) is 0 Å². The molecule has 0 atom stereocenters. The van der Waals surface area contributed by atoms with Crippen LogP contribution >= 0.6 is 0 Å². The van der Waals surface area contributed by atoms with Gasteiger partial charge in [0, 0.05) is 12.0 Å². The highest BCUT2D eigenvalue weighted by Gasteiger charge is 2.54. The van der Waals surface area contributed by atoms with Crippen LogP contribution < -0.4 is 4.72 Å². The number of sulfonamides is 1. The number of carbonyl (C=O) groups excluding carboxylic acids is 2. The van der Waals surface area contributed by atoms with Crippen molar-refractivity contribution < 1.29 is 27.3 Å². The zero-order chi connectivity index (χ0) is 20.8. The van der Waals surface area contributed by atoms with Crippen molar-refractivity contribution in [2.24, 2.45) is 23.2 Å². The van der Waals surface area contributed by atoms with Gasteiger partial charge in [0.25, 0.3) is 0 Å². The first kappa shape index (κ1) is 20.5. The molecule has 160 valence electrons. The number of Topliss-reactive ketones (excluding diaryl/α,β-unsaturated/α-hetero) is 1. The van der Waals surface area contributed by atoms with Crippen molar-refractivity contribution >= 4 is 21.8 Å². The monoisotopic (exact) mass is 424 g/mol. The van der Waals surface area contributed by atoms with Gasteiger partial charge in [-0.25, -0.2) is 13.1 Å². The molecule has 0 saturated heterocycles. The maximum atomic E-state index is 12.9. The van der Waals surface area contributed by atoms with E-state index in [0.29, 0.717) is 17.8 Å². The highest BCUT2D eigenvalue weighted by Crippen LogP contribution is 2.60. The Balaban J connectivity index is 1.25. The number of rotatable bonds is 8. The molecular formula is C20H28N2O6S. The molecule has 29 heavy (non-hydrogen) atoms. The third-order valence-electron chi connectivity index (χ3n) is 6.85. The molecule has 4 fully saturated rings. The largest absolute Gasteiger partial charge is 0.458 e. The summed E-state index contributed by atoms with van der Waals surface area (Å²) in [6.07, 6.45) is 6.41. The first-order valence-corrected chi connectivity index (χ1v) is 11.8. The van der Waals surface area contributed by atoms with Gasteiger partial charge < -0.3 is 9.26 Å². The Morgan fingerprint density at radius 1 is 1.14 bits per heavy atom.